The second kappa shape index (κ2) is 4.76. The van der Waals surface area contributed by atoms with Gasteiger partial charge < -0.3 is 9.30 Å². The van der Waals surface area contributed by atoms with Crippen molar-refractivity contribution in [2.24, 2.45) is 7.05 Å². The largest absolute Gasteiger partial charge is 0.487 e. The molecule has 0 saturated carbocycles. The lowest BCUT2D eigenvalue weighted by molar-refractivity contribution is 0.298. The zero-order chi connectivity index (χ0) is 13.2. The van der Waals surface area contributed by atoms with Crippen molar-refractivity contribution in [2.75, 3.05) is 0 Å². The molecule has 2 nitrogen and oxygen atoms in total. The number of hydrogen-bond acceptors (Lipinski definition) is 1. The Morgan fingerprint density at radius 3 is 2.63 bits per heavy atom. The predicted molar refractivity (Wildman–Crippen MR) is 73.7 cm³/mol. The summed E-state index contributed by atoms with van der Waals surface area (Å²) in [4.78, 5) is 0. The highest BCUT2D eigenvalue weighted by Crippen LogP contribution is 2.21. The number of fused-ring (bicyclic) bond motifs is 1. The van der Waals surface area contributed by atoms with Crippen molar-refractivity contribution >= 4 is 10.9 Å². The van der Waals surface area contributed by atoms with E-state index in [9.17, 15) is 4.39 Å². The third-order valence-corrected chi connectivity index (χ3v) is 3.23. The maximum Gasteiger partial charge on any atom is 0.128 e. The van der Waals surface area contributed by atoms with Crippen LogP contribution in [0, 0.1) is 5.82 Å². The van der Waals surface area contributed by atoms with Crippen molar-refractivity contribution in [3.05, 3.63) is 66.1 Å². The third kappa shape index (κ3) is 2.32. The van der Waals surface area contributed by atoms with E-state index in [2.05, 4.69) is 0 Å². The van der Waals surface area contributed by atoms with Gasteiger partial charge in [0.25, 0.3) is 0 Å². The van der Waals surface area contributed by atoms with E-state index in [1.54, 1.807) is 12.1 Å². The van der Waals surface area contributed by atoms with Gasteiger partial charge in [-0.3, -0.25) is 0 Å². The van der Waals surface area contributed by atoms with Gasteiger partial charge in [0.05, 0.1) is 5.69 Å². The Labute approximate surface area is 111 Å². The smallest absolute Gasteiger partial charge is 0.128 e. The zero-order valence-corrected chi connectivity index (χ0v) is 10.6. The highest BCUT2D eigenvalue weighted by atomic mass is 19.1. The van der Waals surface area contributed by atoms with Crippen LogP contribution in [0.1, 0.15) is 5.69 Å². The Kier molecular flexibility index (Phi) is 2.95. The maximum absolute atomic E-state index is 13.2. The van der Waals surface area contributed by atoms with E-state index < -0.39 is 0 Å². The quantitative estimate of drug-likeness (QED) is 0.692. The molecule has 0 N–H and O–H groups in total. The minimum atomic E-state index is -0.214. The standard InChI is InChI=1S/C16H14FNO/c1-18-14(11-19-15-5-3-2-4-6-15)10-12-9-13(17)7-8-16(12)18/h2-10H,11H2,1H3. The highest BCUT2D eigenvalue weighted by Gasteiger charge is 2.07. The molecule has 0 saturated heterocycles. The number of aromatic nitrogens is 1. The average Bonchev–Trinajstić information content (AvgIpc) is 2.74. The summed E-state index contributed by atoms with van der Waals surface area (Å²) in [5, 5.41) is 0.897. The van der Waals surface area contributed by atoms with Crippen LogP contribution in [-0.2, 0) is 13.7 Å². The fourth-order valence-corrected chi connectivity index (χ4v) is 2.19. The van der Waals surface area contributed by atoms with Gasteiger partial charge in [-0.15, -0.1) is 0 Å². The molecule has 0 aliphatic heterocycles. The number of aryl methyl sites for hydroxylation is 1. The van der Waals surface area contributed by atoms with Gasteiger partial charge in [-0.05, 0) is 36.4 Å². The molecule has 0 fully saturated rings. The highest BCUT2D eigenvalue weighted by molar-refractivity contribution is 5.81. The molecule has 0 unspecified atom stereocenters. The Bertz CT molecular complexity index is 703. The van der Waals surface area contributed by atoms with Crippen LogP contribution >= 0.6 is 0 Å². The summed E-state index contributed by atoms with van der Waals surface area (Å²) >= 11 is 0. The lowest BCUT2D eigenvalue weighted by atomic mass is 10.2. The van der Waals surface area contributed by atoms with Crippen molar-refractivity contribution in [3.63, 3.8) is 0 Å². The van der Waals surface area contributed by atoms with Crippen molar-refractivity contribution in [1.29, 1.82) is 0 Å². The number of rotatable bonds is 3. The third-order valence-electron chi connectivity index (χ3n) is 3.23. The van der Waals surface area contributed by atoms with Gasteiger partial charge in [0.15, 0.2) is 0 Å². The van der Waals surface area contributed by atoms with E-state index in [0.29, 0.717) is 6.61 Å². The van der Waals surface area contributed by atoms with E-state index in [1.165, 1.54) is 6.07 Å². The van der Waals surface area contributed by atoms with Crippen LogP contribution in [0.3, 0.4) is 0 Å². The number of benzene rings is 2. The molecule has 0 aliphatic carbocycles. The Balaban J connectivity index is 1.87. The molecule has 0 spiro atoms. The zero-order valence-electron chi connectivity index (χ0n) is 10.6. The summed E-state index contributed by atoms with van der Waals surface area (Å²) in [6.45, 7) is 0.469. The van der Waals surface area contributed by atoms with Gasteiger partial charge in [0.2, 0.25) is 0 Å². The second-order valence-electron chi connectivity index (χ2n) is 4.50. The molecule has 0 amide bonds. The molecule has 3 heteroatoms. The minimum absolute atomic E-state index is 0.214. The number of halogens is 1. The van der Waals surface area contributed by atoms with Crippen LogP contribution in [0.5, 0.6) is 5.75 Å². The van der Waals surface area contributed by atoms with Crippen LogP contribution < -0.4 is 4.74 Å². The van der Waals surface area contributed by atoms with Crippen LogP contribution in [0.15, 0.2) is 54.6 Å². The molecule has 1 aromatic heterocycles. The van der Waals surface area contributed by atoms with Crippen LogP contribution in [0.2, 0.25) is 0 Å². The van der Waals surface area contributed by atoms with E-state index in [-0.39, 0.29) is 5.82 Å². The summed E-state index contributed by atoms with van der Waals surface area (Å²) in [7, 11) is 1.96. The maximum atomic E-state index is 13.2. The first kappa shape index (κ1) is 11.8. The molecular weight excluding hydrogens is 241 g/mol. The predicted octanol–water partition coefficient (Wildman–Crippen LogP) is 3.90. The Hall–Kier alpha value is -2.29. The molecule has 2 aromatic carbocycles. The number of nitrogens with zero attached hydrogens (tertiary/aromatic N) is 1. The SMILES string of the molecule is Cn1c(COc2ccccc2)cc2cc(F)ccc21. The molecular formula is C16H14FNO. The van der Waals surface area contributed by atoms with E-state index in [1.807, 2.05) is 48.0 Å². The summed E-state index contributed by atoms with van der Waals surface area (Å²) in [5.74, 6) is 0.618. The molecule has 0 atom stereocenters. The number of para-hydroxylation sites is 1. The fraction of sp³-hybridized carbons (Fsp3) is 0.125. The topological polar surface area (TPSA) is 14.2 Å². The monoisotopic (exact) mass is 255 g/mol. The summed E-state index contributed by atoms with van der Waals surface area (Å²) < 4.78 is 20.9. The fourth-order valence-electron chi connectivity index (χ4n) is 2.19. The van der Waals surface area contributed by atoms with E-state index in [0.717, 1.165) is 22.3 Å². The first-order valence-electron chi connectivity index (χ1n) is 6.16. The van der Waals surface area contributed by atoms with Crippen molar-refractivity contribution in [3.8, 4) is 5.75 Å². The van der Waals surface area contributed by atoms with Gasteiger partial charge in [-0.25, -0.2) is 4.39 Å². The second-order valence-corrected chi connectivity index (χ2v) is 4.50. The molecule has 0 aliphatic rings. The van der Waals surface area contributed by atoms with Gasteiger partial charge >= 0.3 is 0 Å². The first-order chi connectivity index (χ1) is 9.24. The van der Waals surface area contributed by atoms with E-state index >= 15 is 0 Å². The minimum Gasteiger partial charge on any atom is -0.487 e. The lowest BCUT2D eigenvalue weighted by Crippen LogP contribution is -2.01. The number of ether oxygens (including phenoxy) is 1. The molecule has 0 bridgehead atoms. The van der Waals surface area contributed by atoms with Crippen LogP contribution in [-0.4, -0.2) is 4.57 Å². The normalized spacial score (nSPS) is 10.8. The van der Waals surface area contributed by atoms with Crippen molar-refractivity contribution in [2.45, 2.75) is 6.61 Å². The molecule has 3 rings (SSSR count). The van der Waals surface area contributed by atoms with Gasteiger partial charge in [-0.1, -0.05) is 18.2 Å². The molecule has 0 radical (unpaired) electrons. The Morgan fingerprint density at radius 2 is 1.84 bits per heavy atom. The van der Waals surface area contributed by atoms with Crippen molar-refractivity contribution in [1.82, 2.24) is 4.57 Å². The van der Waals surface area contributed by atoms with Gasteiger partial charge in [0.1, 0.15) is 18.2 Å². The number of hydrogen-bond donors (Lipinski definition) is 0. The molecule has 96 valence electrons. The summed E-state index contributed by atoms with van der Waals surface area (Å²) in [6.07, 6.45) is 0. The molecule has 19 heavy (non-hydrogen) atoms. The summed E-state index contributed by atoms with van der Waals surface area (Å²) in [5.41, 5.74) is 2.03. The summed E-state index contributed by atoms with van der Waals surface area (Å²) in [6, 6.07) is 16.4. The lowest BCUT2D eigenvalue weighted by Gasteiger charge is -2.07. The average molecular weight is 255 g/mol. The first-order valence-corrected chi connectivity index (χ1v) is 6.16. The van der Waals surface area contributed by atoms with Crippen molar-refractivity contribution < 1.29 is 9.13 Å². The van der Waals surface area contributed by atoms with Crippen LogP contribution in [0.25, 0.3) is 10.9 Å². The van der Waals surface area contributed by atoms with Gasteiger partial charge in [0, 0.05) is 18.0 Å². The van der Waals surface area contributed by atoms with E-state index in [4.69, 9.17) is 4.74 Å². The molecule has 3 aromatic rings. The molecule has 1 heterocycles. The Morgan fingerprint density at radius 1 is 1.05 bits per heavy atom. The van der Waals surface area contributed by atoms with Crippen LogP contribution in [0.4, 0.5) is 4.39 Å². The van der Waals surface area contributed by atoms with Gasteiger partial charge in [-0.2, -0.15) is 0 Å².